The molecule has 1 nitrogen and oxygen atoms in total. The summed E-state index contributed by atoms with van der Waals surface area (Å²) in [5, 5.41) is 0. The van der Waals surface area contributed by atoms with Crippen LogP contribution in [0.4, 0.5) is 8.78 Å². The van der Waals surface area contributed by atoms with E-state index in [0.29, 0.717) is 0 Å². The van der Waals surface area contributed by atoms with Gasteiger partial charge in [0, 0.05) is 12.5 Å². The molecule has 14 heavy (non-hydrogen) atoms. The van der Waals surface area contributed by atoms with Gasteiger partial charge in [-0.25, -0.2) is 8.78 Å². The molecule has 0 unspecified atom stereocenters. The van der Waals surface area contributed by atoms with Crippen molar-refractivity contribution in [2.24, 2.45) is 5.73 Å². The normalized spacial score (nSPS) is 12.4. The molecular weight excluding hydrogens is 208 g/mol. The van der Waals surface area contributed by atoms with Gasteiger partial charge < -0.3 is 5.73 Å². The van der Waals surface area contributed by atoms with Gasteiger partial charge in [0.25, 0.3) is 0 Å². The molecule has 80 valence electrons. The van der Waals surface area contributed by atoms with Gasteiger partial charge >= 0.3 is 0 Å². The van der Waals surface area contributed by atoms with Crippen LogP contribution in [0.5, 0.6) is 0 Å². The van der Waals surface area contributed by atoms with Gasteiger partial charge in [0.15, 0.2) is 0 Å². The molecule has 0 bridgehead atoms. The van der Waals surface area contributed by atoms with Crippen molar-refractivity contribution < 1.29 is 8.78 Å². The summed E-state index contributed by atoms with van der Waals surface area (Å²) < 4.78 is 24.0. The summed E-state index contributed by atoms with van der Waals surface area (Å²) in [5.41, 5.74) is 7.39. The molecule has 1 aromatic rings. The molecule has 0 saturated heterocycles. The summed E-state index contributed by atoms with van der Waals surface area (Å²) in [6.07, 6.45) is -2.61. The molecule has 0 aliphatic carbocycles. The molecule has 0 saturated carbocycles. The summed E-state index contributed by atoms with van der Waals surface area (Å²) in [6, 6.07) is 6.80. The highest BCUT2D eigenvalue weighted by atomic mass is 35.5. The molecule has 0 aromatic heterocycles. The summed E-state index contributed by atoms with van der Waals surface area (Å²) in [4.78, 5) is 0. The van der Waals surface area contributed by atoms with Gasteiger partial charge in [-0.2, -0.15) is 0 Å². The van der Waals surface area contributed by atoms with E-state index < -0.39 is 12.5 Å². The standard InChI is InChI=1S/C10H13F2N.ClH/c1-7-4-2-3-5-8(7)9(13)6-10(11)12;/h2-5,9-10H,6,13H2,1H3;1H/t9-;/m0./s1. The van der Waals surface area contributed by atoms with Gasteiger partial charge in [-0.15, -0.1) is 12.4 Å². The molecule has 0 aliphatic heterocycles. The predicted octanol–water partition coefficient (Wildman–Crippen LogP) is 3.07. The summed E-state index contributed by atoms with van der Waals surface area (Å²) in [7, 11) is 0. The van der Waals surface area contributed by atoms with Gasteiger partial charge in [0.2, 0.25) is 6.43 Å². The number of hydrogen-bond donors (Lipinski definition) is 1. The zero-order valence-corrected chi connectivity index (χ0v) is 8.73. The maximum atomic E-state index is 12.0. The minimum atomic E-state index is -2.34. The zero-order chi connectivity index (χ0) is 9.84. The maximum absolute atomic E-state index is 12.0. The van der Waals surface area contributed by atoms with E-state index in [-0.39, 0.29) is 18.8 Å². The lowest BCUT2D eigenvalue weighted by molar-refractivity contribution is 0.128. The van der Waals surface area contributed by atoms with Gasteiger partial charge in [0.1, 0.15) is 0 Å². The largest absolute Gasteiger partial charge is 0.324 e. The molecule has 1 aromatic carbocycles. The van der Waals surface area contributed by atoms with Gasteiger partial charge in [-0.3, -0.25) is 0 Å². The van der Waals surface area contributed by atoms with Crippen molar-refractivity contribution in [2.45, 2.75) is 25.8 Å². The SMILES string of the molecule is Cc1ccccc1[C@@H](N)CC(F)F.Cl. The molecule has 0 spiro atoms. The molecule has 0 radical (unpaired) electrons. The summed E-state index contributed by atoms with van der Waals surface area (Å²) in [6.45, 7) is 1.88. The summed E-state index contributed by atoms with van der Waals surface area (Å²) in [5.74, 6) is 0. The van der Waals surface area contributed by atoms with E-state index in [2.05, 4.69) is 0 Å². The first-order valence-corrected chi connectivity index (χ1v) is 4.20. The molecule has 0 aliphatic rings. The van der Waals surface area contributed by atoms with Gasteiger partial charge in [0.05, 0.1) is 0 Å². The van der Waals surface area contributed by atoms with Crippen LogP contribution in [0.3, 0.4) is 0 Å². The monoisotopic (exact) mass is 221 g/mol. The predicted molar refractivity (Wildman–Crippen MR) is 56.0 cm³/mol. The molecule has 4 heteroatoms. The smallest absolute Gasteiger partial charge is 0.240 e. The van der Waals surface area contributed by atoms with E-state index in [1.165, 1.54) is 0 Å². The Hall–Kier alpha value is -0.670. The van der Waals surface area contributed by atoms with Crippen LogP contribution in [0.15, 0.2) is 24.3 Å². The Bertz CT molecular complexity index is 279. The van der Waals surface area contributed by atoms with Crippen LogP contribution in [-0.4, -0.2) is 6.43 Å². The van der Waals surface area contributed by atoms with Crippen molar-refractivity contribution in [3.63, 3.8) is 0 Å². The maximum Gasteiger partial charge on any atom is 0.240 e. The average Bonchev–Trinajstić information content (AvgIpc) is 2.03. The van der Waals surface area contributed by atoms with Crippen LogP contribution in [0.2, 0.25) is 0 Å². The van der Waals surface area contributed by atoms with Crippen molar-refractivity contribution in [2.75, 3.05) is 0 Å². The second-order valence-electron chi connectivity index (χ2n) is 3.09. The van der Waals surface area contributed by atoms with E-state index in [4.69, 9.17) is 5.73 Å². The minimum Gasteiger partial charge on any atom is -0.324 e. The number of nitrogens with two attached hydrogens (primary N) is 1. The Morgan fingerprint density at radius 3 is 2.36 bits per heavy atom. The first-order chi connectivity index (χ1) is 6.11. The van der Waals surface area contributed by atoms with Crippen LogP contribution in [0.25, 0.3) is 0 Å². The fourth-order valence-electron chi connectivity index (χ4n) is 1.32. The Morgan fingerprint density at radius 1 is 1.29 bits per heavy atom. The van der Waals surface area contributed by atoms with E-state index >= 15 is 0 Å². The van der Waals surface area contributed by atoms with Gasteiger partial charge in [-0.1, -0.05) is 24.3 Å². The van der Waals surface area contributed by atoms with Crippen LogP contribution in [-0.2, 0) is 0 Å². The molecule has 0 heterocycles. The lowest BCUT2D eigenvalue weighted by atomic mass is 10.00. The number of rotatable bonds is 3. The third kappa shape index (κ3) is 3.60. The number of hydrogen-bond acceptors (Lipinski definition) is 1. The first-order valence-electron chi connectivity index (χ1n) is 4.20. The molecule has 1 rings (SSSR count). The second-order valence-corrected chi connectivity index (χ2v) is 3.09. The fraction of sp³-hybridized carbons (Fsp3) is 0.400. The van der Waals surface area contributed by atoms with Crippen LogP contribution >= 0.6 is 12.4 Å². The van der Waals surface area contributed by atoms with Crippen molar-refractivity contribution in [3.8, 4) is 0 Å². The van der Waals surface area contributed by atoms with E-state index in [1.807, 2.05) is 25.1 Å². The number of halogens is 3. The molecule has 1 atom stereocenters. The van der Waals surface area contributed by atoms with E-state index in [9.17, 15) is 8.78 Å². The molecular formula is C10H14ClF2N. The van der Waals surface area contributed by atoms with Crippen LogP contribution in [0, 0.1) is 6.92 Å². The highest BCUT2D eigenvalue weighted by Crippen LogP contribution is 2.20. The third-order valence-corrected chi connectivity index (χ3v) is 2.02. The fourth-order valence-corrected chi connectivity index (χ4v) is 1.32. The molecule has 0 fully saturated rings. The Labute approximate surface area is 88.7 Å². The Morgan fingerprint density at radius 2 is 1.86 bits per heavy atom. The third-order valence-electron chi connectivity index (χ3n) is 2.02. The second kappa shape index (κ2) is 5.94. The first kappa shape index (κ1) is 13.3. The number of aryl methyl sites for hydroxylation is 1. The van der Waals surface area contributed by atoms with Crippen molar-refractivity contribution in [1.82, 2.24) is 0 Å². The van der Waals surface area contributed by atoms with Crippen LogP contribution < -0.4 is 5.73 Å². The average molecular weight is 222 g/mol. The van der Waals surface area contributed by atoms with E-state index in [0.717, 1.165) is 11.1 Å². The quantitative estimate of drug-likeness (QED) is 0.834. The van der Waals surface area contributed by atoms with Gasteiger partial charge in [-0.05, 0) is 18.1 Å². The lowest BCUT2D eigenvalue weighted by Gasteiger charge is -2.13. The Kier molecular flexibility index (Phi) is 5.65. The molecule has 2 N–H and O–H groups in total. The lowest BCUT2D eigenvalue weighted by Crippen LogP contribution is -2.14. The topological polar surface area (TPSA) is 26.0 Å². The highest BCUT2D eigenvalue weighted by molar-refractivity contribution is 5.85. The summed E-state index contributed by atoms with van der Waals surface area (Å²) >= 11 is 0. The number of benzene rings is 1. The minimum absolute atomic E-state index is 0. The Balaban J connectivity index is 0.00000169. The van der Waals surface area contributed by atoms with Crippen molar-refractivity contribution >= 4 is 12.4 Å². The van der Waals surface area contributed by atoms with E-state index in [1.54, 1.807) is 6.07 Å². The highest BCUT2D eigenvalue weighted by Gasteiger charge is 2.13. The zero-order valence-electron chi connectivity index (χ0n) is 7.91. The van der Waals surface area contributed by atoms with Crippen molar-refractivity contribution in [1.29, 1.82) is 0 Å². The van der Waals surface area contributed by atoms with Crippen LogP contribution in [0.1, 0.15) is 23.6 Å². The molecule has 0 amide bonds. The number of alkyl halides is 2. The van der Waals surface area contributed by atoms with Crippen molar-refractivity contribution in [3.05, 3.63) is 35.4 Å².